The summed E-state index contributed by atoms with van der Waals surface area (Å²) in [4.78, 5) is 11.7. The number of carbonyl (C=O) groups excluding carboxylic acids is 1. The number of sulfonamides is 1. The average Bonchev–Trinajstić information content (AvgIpc) is 2.46. The summed E-state index contributed by atoms with van der Waals surface area (Å²) in [6.45, 7) is 1.60. The Hall–Kier alpha value is -2.10. The second-order valence-corrected chi connectivity index (χ2v) is 6.13. The van der Waals surface area contributed by atoms with Gasteiger partial charge in [-0.1, -0.05) is 18.2 Å². The van der Waals surface area contributed by atoms with Crippen LogP contribution in [0.15, 0.2) is 28.7 Å². The number of esters is 1. The van der Waals surface area contributed by atoms with Crippen LogP contribution in [0.2, 0.25) is 0 Å². The van der Waals surface area contributed by atoms with Crippen molar-refractivity contribution in [2.75, 3.05) is 6.61 Å². The molecule has 1 aliphatic heterocycles. The van der Waals surface area contributed by atoms with Crippen molar-refractivity contribution >= 4 is 21.9 Å². The fourth-order valence-corrected chi connectivity index (χ4v) is 2.41. The van der Waals surface area contributed by atoms with Crippen molar-refractivity contribution in [1.82, 2.24) is 0 Å². The second-order valence-electron chi connectivity index (χ2n) is 4.54. The molecule has 0 fully saturated rings. The van der Waals surface area contributed by atoms with Crippen LogP contribution >= 0.6 is 0 Å². The Morgan fingerprint density at radius 1 is 1.39 bits per heavy atom. The maximum absolute atomic E-state index is 12.5. The molecule has 1 aliphatic rings. The molecule has 1 heterocycles. The van der Waals surface area contributed by atoms with E-state index in [2.05, 4.69) is 4.40 Å². The van der Waals surface area contributed by atoms with Gasteiger partial charge in [-0.05, 0) is 18.6 Å². The van der Waals surface area contributed by atoms with E-state index in [1.807, 2.05) is 0 Å². The summed E-state index contributed by atoms with van der Waals surface area (Å²) in [7, 11) is -5.79. The van der Waals surface area contributed by atoms with E-state index >= 15 is 0 Å². The molecule has 0 aliphatic carbocycles. The molecule has 23 heavy (non-hydrogen) atoms. The van der Waals surface area contributed by atoms with Crippen molar-refractivity contribution in [3.8, 4) is 0 Å². The molecule has 0 amide bonds. The summed E-state index contributed by atoms with van der Waals surface area (Å²) in [5.74, 6) is -1.58. The minimum atomic E-state index is -5.79. The van der Waals surface area contributed by atoms with Crippen LogP contribution in [0.3, 0.4) is 0 Å². The van der Waals surface area contributed by atoms with Crippen molar-refractivity contribution < 1.29 is 35.9 Å². The first-order chi connectivity index (χ1) is 10.7. The maximum Gasteiger partial charge on any atom is 0.518 e. The molecule has 0 saturated carbocycles. The van der Waals surface area contributed by atoms with E-state index in [0.717, 1.165) is 0 Å². The zero-order valence-corrected chi connectivity index (χ0v) is 12.6. The summed E-state index contributed by atoms with van der Waals surface area (Å²) >= 11 is 0. The van der Waals surface area contributed by atoms with Crippen LogP contribution in [0.1, 0.15) is 18.1 Å². The molecule has 6 nitrogen and oxygen atoms in total. The van der Waals surface area contributed by atoms with E-state index in [1.165, 1.54) is 12.1 Å². The molecular formula is C13H12F3NO5S. The molecule has 0 bridgehead atoms. The van der Waals surface area contributed by atoms with Crippen molar-refractivity contribution in [2.24, 2.45) is 4.40 Å². The number of benzene rings is 1. The van der Waals surface area contributed by atoms with Gasteiger partial charge in [0, 0.05) is 12.0 Å². The number of ether oxygens (including phenoxy) is 2. The minimum Gasteiger partial charge on any atom is -0.463 e. The zero-order chi connectivity index (χ0) is 17.3. The van der Waals surface area contributed by atoms with Gasteiger partial charge in [0.2, 0.25) is 12.0 Å². The highest BCUT2D eigenvalue weighted by Crippen LogP contribution is 2.28. The van der Waals surface area contributed by atoms with Crippen LogP contribution in [0.5, 0.6) is 0 Å². The second kappa shape index (κ2) is 6.19. The van der Waals surface area contributed by atoms with Crippen LogP contribution in [0.4, 0.5) is 13.2 Å². The number of carbonyl (C=O) groups is 1. The van der Waals surface area contributed by atoms with E-state index in [-0.39, 0.29) is 18.6 Å². The standard InChI is InChI=1S/C13H12F3NO5S/c1-2-21-12(18)10-7-8-5-3-4-6-9(8)11(22-10)17-23(19,20)13(14,15)16/h3-6,10H,2,7H2,1H3/b17-11-. The van der Waals surface area contributed by atoms with E-state index < -0.39 is 33.5 Å². The number of alkyl halides is 3. The van der Waals surface area contributed by atoms with Gasteiger partial charge in [0.15, 0.2) is 0 Å². The van der Waals surface area contributed by atoms with Crippen LogP contribution in [0.25, 0.3) is 0 Å². The Morgan fingerprint density at radius 2 is 2.04 bits per heavy atom. The predicted molar refractivity (Wildman–Crippen MR) is 73.2 cm³/mol. The number of hydrogen-bond donors (Lipinski definition) is 0. The van der Waals surface area contributed by atoms with Crippen molar-refractivity contribution in [3.63, 3.8) is 0 Å². The third-order valence-corrected chi connectivity index (χ3v) is 3.94. The molecule has 10 heteroatoms. The molecule has 0 radical (unpaired) electrons. The zero-order valence-electron chi connectivity index (χ0n) is 11.8. The van der Waals surface area contributed by atoms with Gasteiger partial charge in [-0.2, -0.15) is 21.6 Å². The molecule has 0 N–H and O–H groups in total. The number of nitrogens with zero attached hydrogens (tertiary/aromatic N) is 1. The number of fused-ring (bicyclic) bond motifs is 1. The summed E-state index contributed by atoms with van der Waals surface area (Å²) in [6, 6.07) is 5.99. The molecular weight excluding hydrogens is 339 g/mol. The van der Waals surface area contributed by atoms with E-state index in [4.69, 9.17) is 9.47 Å². The van der Waals surface area contributed by atoms with Gasteiger partial charge in [0.25, 0.3) is 0 Å². The van der Waals surface area contributed by atoms with Gasteiger partial charge in [-0.15, -0.1) is 4.40 Å². The molecule has 0 aromatic heterocycles. The van der Waals surface area contributed by atoms with Crippen molar-refractivity contribution in [2.45, 2.75) is 25.0 Å². The highest BCUT2D eigenvalue weighted by atomic mass is 32.2. The third kappa shape index (κ3) is 3.63. The lowest BCUT2D eigenvalue weighted by Gasteiger charge is -2.25. The van der Waals surface area contributed by atoms with E-state index in [0.29, 0.717) is 5.56 Å². The molecule has 0 spiro atoms. The molecule has 0 saturated heterocycles. The number of rotatable bonds is 3. The highest BCUT2D eigenvalue weighted by Gasteiger charge is 2.47. The predicted octanol–water partition coefficient (Wildman–Crippen LogP) is 1.79. The topological polar surface area (TPSA) is 82.0 Å². The van der Waals surface area contributed by atoms with Crippen LogP contribution < -0.4 is 0 Å². The normalized spacial score (nSPS) is 19.8. The van der Waals surface area contributed by atoms with Crippen molar-refractivity contribution in [3.05, 3.63) is 35.4 Å². The molecule has 1 aromatic carbocycles. The van der Waals surface area contributed by atoms with Crippen molar-refractivity contribution in [1.29, 1.82) is 0 Å². The van der Waals surface area contributed by atoms with Gasteiger partial charge in [0.1, 0.15) is 0 Å². The van der Waals surface area contributed by atoms with Gasteiger partial charge in [0.05, 0.1) is 6.61 Å². The summed E-state index contributed by atoms with van der Waals surface area (Å²) in [6.07, 6.45) is -1.22. The smallest absolute Gasteiger partial charge is 0.463 e. The molecule has 1 aromatic rings. The SMILES string of the molecule is CCOC(=O)C1Cc2ccccc2/C(=N/S(=O)(=O)C(F)(F)F)O1. The molecule has 1 unspecified atom stereocenters. The highest BCUT2D eigenvalue weighted by molar-refractivity contribution is 7.91. The fraction of sp³-hybridized carbons (Fsp3) is 0.385. The number of halogens is 3. The first kappa shape index (κ1) is 17.3. The monoisotopic (exact) mass is 351 g/mol. The number of hydrogen-bond acceptors (Lipinski definition) is 5. The molecule has 126 valence electrons. The molecule has 2 rings (SSSR count). The van der Waals surface area contributed by atoms with Gasteiger partial charge in [-0.3, -0.25) is 0 Å². The summed E-state index contributed by atoms with van der Waals surface area (Å²) < 4.78 is 72.5. The van der Waals surface area contributed by atoms with Gasteiger partial charge >= 0.3 is 21.5 Å². The Labute approximate surface area is 130 Å². The Kier molecular flexibility index (Phi) is 4.64. The Morgan fingerprint density at radius 3 is 2.65 bits per heavy atom. The van der Waals surface area contributed by atoms with E-state index in [1.54, 1.807) is 19.1 Å². The summed E-state index contributed by atoms with van der Waals surface area (Å²) in [5, 5.41) is 0. The minimum absolute atomic E-state index is 0.0418. The van der Waals surface area contributed by atoms with E-state index in [9.17, 15) is 26.4 Å². The Balaban J connectivity index is 2.48. The first-order valence-corrected chi connectivity index (χ1v) is 7.92. The van der Waals surface area contributed by atoms with Gasteiger partial charge in [-0.25, -0.2) is 4.79 Å². The molecule has 1 atom stereocenters. The van der Waals surface area contributed by atoms with Gasteiger partial charge < -0.3 is 9.47 Å². The van der Waals surface area contributed by atoms with Crippen LogP contribution in [-0.4, -0.2) is 38.5 Å². The quantitative estimate of drug-likeness (QED) is 0.776. The Bertz CT molecular complexity index is 742. The lowest BCUT2D eigenvalue weighted by Crippen LogP contribution is -2.37. The van der Waals surface area contributed by atoms with Crippen LogP contribution in [0, 0.1) is 0 Å². The summed E-state index contributed by atoms with van der Waals surface area (Å²) in [5.41, 5.74) is -5.04. The third-order valence-electron chi connectivity index (χ3n) is 2.95. The first-order valence-electron chi connectivity index (χ1n) is 6.48. The fourth-order valence-electron chi connectivity index (χ4n) is 1.94. The van der Waals surface area contributed by atoms with Crippen LogP contribution in [-0.2, 0) is 30.7 Å². The largest absolute Gasteiger partial charge is 0.518 e. The maximum atomic E-state index is 12.5. The lowest BCUT2D eigenvalue weighted by molar-refractivity contribution is -0.152. The lowest BCUT2D eigenvalue weighted by atomic mass is 9.98. The average molecular weight is 351 g/mol.